The second-order valence-corrected chi connectivity index (χ2v) is 8.98. The molecule has 1 amide bonds. The van der Waals surface area contributed by atoms with E-state index in [4.69, 9.17) is 0 Å². The van der Waals surface area contributed by atoms with Gasteiger partial charge in [-0.3, -0.25) is 18.6 Å². The molecule has 0 bridgehead atoms. The van der Waals surface area contributed by atoms with Crippen LogP contribution >= 0.6 is 11.8 Å². The highest BCUT2D eigenvalue weighted by molar-refractivity contribution is 7.99. The van der Waals surface area contributed by atoms with E-state index in [1.54, 1.807) is 4.57 Å². The van der Waals surface area contributed by atoms with Crippen LogP contribution in [-0.2, 0) is 17.8 Å². The van der Waals surface area contributed by atoms with Crippen molar-refractivity contribution in [2.75, 3.05) is 11.1 Å². The van der Waals surface area contributed by atoms with Crippen molar-refractivity contribution in [1.29, 1.82) is 0 Å². The van der Waals surface area contributed by atoms with Crippen molar-refractivity contribution in [2.24, 2.45) is 0 Å². The molecule has 0 atom stereocenters. The lowest BCUT2D eigenvalue weighted by Gasteiger charge is -2.11. The Balaban J connectivity index is 1.45. The molecule has 8 heteroatoms. The summed E-state index contributed by atoms with van der Waals surface area (Å²) < 4.78 is 3.53. The Labute approximate surface area is 200 Å². The van der Waals surface area contributed by atoms with Gasteiger partial charge in [0.15, 0.2) is 5.16 Å². The third-order valence-corrected chi connectivity index (χ3v) is 6.51. The van der Waals surface area contributed by atoms with Gasteiger partial charge in [0.2, 0.25) is 11.7 Å². The molecule has 0 saturated heterocycles. The SMILES string of the molecule is Cc1cccc(NC(=O)CSc2nnc3n(CCc4ccccc4)c(=O)c4ccccc4n23)c1. The van der Waals surface area contributed by atoms with Crippen molar-refractivity contribution < 1.29 is 4.79 Å². The first-order chi connectivity index (χ1) is 16.6. The van der Waals surface area contributed by atoms with Gasteiger partial charge in [-0.25, -0.2) is 0 Å². The molecular formula is C26H23N5O2S. The summed E-state index contributed by atoms with van der Waals surface area (Å²) in [6.07, 6.45) is 0.697. The quantitative estimate of drug-likeness (QED) is 0.359. The molecule has 0 unspecified atom stereocenters. The molecule has 0 aliphatic heterocycles. The molecule has 2 heterocycles. The number of nitrogens with one attached hydrogen (secondary N) is 1. The molecule has 0 aliphatic carbocycles. The molecular weight excluding hydrogens is 446 g/mol. The third-order valence-electron chi connectivity index (χ3n) is 5.58. The standard InChI is InChI=1S/C26H23N5O2S/c1-18-8-7-11-20(16-18)27-23(32)17-34-26-29-28-25-30(15-14-19-9-3-2-4-10-19)24(33)21-12-5-6-13-22(21)31(25)26/h2-13,16H,14-15,17H2,1H3,(H,27,32). The predicted octanol–water partition coefficient (Wildman–Crippen LogP) is 4.33. The minimum atomic E-state index is -0.131. The van der Waals surface area contributed by atoms with Gasteiger partial charge < -0.3 is 5.32 Å². The fourth-order valence-corrected chi connectivity index (χ4v) is 4.70. The minimum absolute atomic E-state index is 0.0971. The van der Waals surface area contributed by atoms with Gasteiger partial charge >= 0.3 is 0 Å². The molecule has 0 radical (unpaired) electrons. The predicted molar refractivity (Wildman–Crippen MR) is 135 cm³/mol. The van der Waals surface area contributed by atoms with E-state index >= 15 is 0 Å². The Kier molecular flexibility index (Phi) is 6.14. The van der Waals surface area contributed by atoms with Crippen molar-refractivity contribution in [2.45, 2.75) is 25.0 Å². The van der Waals surface area contributed by atoms with E-state index in [2.05, 4.69) is 15.5 Å². The average molecular weight is 470 g/mol. The maximum Gasteiger partial charge on any atom is 0.262 e. The van der Waals surface area contributed by atoms with Crippen molar-refractivity contribution in [3.05, 3.63) is 100 Å². The highest BCUT2D eigenvalue weighted by Crippen LogP contribution is 2.22. The number of hydrogen-bond donors (Lipinski definition) is 1. The number of carbonyl (C=O) groups excluding carboxylic acids is 1. The molecule has 5 aromatic rings. The van der Waals surface area contributed by atoms with E-state index in [0.717, 1.165) is 22.3 Å². The smallest absolute Gasteiger partial charge is 0.262 e. The normalized spacial score (nSPS) is 11.2. The first-order valence-electron chi connectivity index (χ1n) is 11.0. The Morgan fingerprint density at radius 1 is 0.971 bits per heavy atom. The van der Waals surface area contributed by atoms with Crippen molar-refractivity contribution in [3.63, 3.8) is 0 Å². The number of rotatable bonds is 7. The first-order valence-corrected chi connectivity index (χ1v) is 12.0. The van der Waals surface area contributed by atoms with Gasteiger partial charge in [-0.2, -0.15) is 0 Å². The summed E-state index contributed by atoms with van der Waals surface area (Å²) in [4.78, 5) is 25.8. The van der Waals surface area contributed by atoms with Gasteiger partial charge in [0.25, 0.3) is 5.56 Å². The number of thioether (sulfide) groups is 1. The number of carbonyl (C=O) groups is 1. The summed E-state index contributed by atoms with van der Waals surface area (Å²) in [7, 11) is 0. The maximum atomic E-state index is 13.3. The van der Waals surface area contributed by atoms with Crippen molar-refractivity contribution in [3.8, 4) is 0 Å². The number of benzene rings is 3. The second-order valence-electron chi connectivity index (χ2n) is 8.03. The summed E-state index contributed by atoms with van der Waals surface area (Å²) in [6.45, 7) is 2.46. The van der Waals surface area contributed by atoms with Gasteiger partial charge in [0.1, 0.15) is 0 Å². The minimum Gasteiger partial charge on any atom is -0.325 e. The monoisotopic (exact) mass is 469 g/mol. The van der Waals surface area contributed by atoms with Crippen LogP contribution in [0.4, 0.5) is 5.69 Å². The molecule has 0 saturated carbocycles. The van der Waals surface area contributed by atoms with E-state index in [0.29, 0.717) is 29.3 Å². The van der Waals surface area contributed by atoms with Crippen LogP contribution in [0.3, 0.4) is 0 Å². The lowest BCUT2D eigenvalue weighted by Crippen LogP contribution is -2.24. The summed E-state index contributed by atoms with van der Waals surface area (Å²) in [6, 6.07) is 25.1. The van der Waals surface area contributed by atoms with E-state index in [1.807, 2.05) is 90.2 Å². The maximum absolute atomic E-state index is 13.3. The van der Waals surface area contributed by atoms with Crippen LogP contribution in [0, 0.1) is 6.92 Å². The lowest BCUT2D eigenvalue weighted by atomic mass is 10.1. The van der Waals surface area contributed by atoms with Crippen LogP contribution < -0.4 is 10.9 Å². The van der Waals surface area contributed by atoms with Gasteiger partial charge in [-0.15, -0.1) is 10.2 Å². The Morgan fingerprint density at radius 3 is 2.59 bits per heavy atom. The Morgan fingerprint density at radius 2 is 1.76 bits per heavy atom. The van der Waals surface area contributed by atoms with Crippen molar-refractivity contribution >= 4 is 40.0 Å². The number of nitrogens with zero attached hydrogens (tertiary/aromatic N) is 4. The number of aromatic nitrogens is 4. The van der Waals surface area contributed by atoms with Crippen LogP contribution in [0.15, 0.2) is 88.8 Å². The fraction of sp³-hybridized carbons (Fsp3) is 0.154. The fourth-order valence-electron chi connectivity index (χ4n) is 3.96. The van der Waals surface area contributed by atoms with Crippen LogP contribution in [0.25, 0.3) is 16.7 Å². The zero-order chi connectivity index (χ0) is 23.5. The zero-order valence-electron chi connectivity index (χ0n) is 18.6. The lowest BCUT2D eigenvalue weighted by molar-refractivity contribution is -0.113. The van der Waals surface area contributed by atoms with Gasteiger partial charge in [0, 0.05) is 12.2 Å². The molecule has 7 nitrogen and oxygen atoms in total. The topological polar surface area (TPSA) is 81.3 Å². The molecule has 170 valence electrons. The van der Waals surface area contributed by atoms with E-state index in [-0.39, 0.29) is 17.2 Å². The first kappa shape index (κ1) is 21.9. The van der Waals surface area contributed by atoms with E-state index in [9.17, 15) is 9.59 Å². The summed E-state index contributed by atoms with van der Waals surface area (Å²) >= 11 is 1.29. The third kappa shape index (κ3) is 4.45. The molecule has 0 fully saturated rings. The summed E-state index contributed by atoms with van der Waals surface area (Å²) in [5, 5.41) is 12.7. The highest BCUT2D eigenvalue weighted by Gasteiger charge is 2.17. The van der Waals surface area contributed by atoms with E-state index < -0.39 is 0 Å². The number of amides is 1. The second kappa shape index (κ2) is 9.52. The average Bonchev–Trinajstić information content (AvgIpc) is 3.27. The number of para-hydroxylation sites is 1. The molecule has 34 heavy (non-hydrogen) atoms. The summed E-state index contributed by atoms with van der Waals surface area (Å²) in [5.74, 6) is 0.516. The molecule has 5 rings (SSSR count). The van der Waals surface area contributed by atoms with Gasteiger partial charge in [-0.1, -0.05) is 66.4 Å². The molecule has 3 aromatic carbocycles. The molecule has 1 N–H and O–H groups in total. The molecule has 2 aromatic heterocycles. The van der Waals surface area contributed by atoms with Gasteiger partial charge in [0.05, 0.1) is 16.7 Å². The zero-order valence-corrected chi connectivity index (χ0v) is 19.5. The largest absolute Gasteiger partial charge is 0.325 e. The van der Waals surface area contributed by atoms with Crippen molar-refractivity contribution in [1.82, 2.24) is 19.2 Å². The van der Waals surface area contributed by atoms with Crippen LogP contribution in [0.1, 0.15) is 11.1 Å². The summed E-state index contributed by atoms with van der Waals surface area (Å²) in [5.41, 5.74) is 3.61. The van der Waals surface area contributed by atoms with Gasteiger partial charge in [-0.05, 0) is 48.7 Å². The number of fused-ring (bicyclic) bond motifs is 3. The Bertz CT molecular complexity index is 1540. The van der Waals surface area contributed by atoms with Crippen LogP contribution in [0.5, 0.6) is 0 Å². The van der Waals surface area contributed by atoms with Crippen LogP contribution in [-0.4, -0.2) is 30.8 Å². The molecule has 0 aliphatic rings. The number of anilines is 1. The van der Waals surface area contributed by atoms with E-state index in [1.165, 1.54) is 11.8 Å². The number of aryl methyl sites for hydroxylation is 3. The highest BCUT2D eigenvalue weighted by atomic mass is 32.2. The number of hydrogen-bond acceptors (Lipinski definition) is 5. The Hall–Kier alpha value is -3.91. The van der Waals surface area contributed by atoms with Crippen LogP contribution in [0.2, 0.25) is 0 Å². The molecule has 0 spiro atoms.